The second-order valence-electron chi connectivity index (χ2n) is 5.37. The molecule has 134 valence electrons. The highest BCUT2D eigenvalue weighted by Crippen LogP contribution is 2.25. The molecule has 7 nitrogen and oxygen atoms in total. The third kappa shape index (κ3) is 3.94. The van der Waals surface area contributed by atoms with E-state index in [2.05, 4.69) is 31.1 Å². The van der Waals surface area contributed by atoms with Crippen molar-refractivity contribution in [1.82, 2.24) is 5.16 Å². The van der Waals surface area contributed by atoms with Crippen LogP contribution in [0.2, 0.25) is 0 Å². The lowest BCUT2D eigenvalue weighted by Crippen LogP contribution is -2.15. The number of hydrogen-bond acceptors (Lipinski definition) is 5. The van der Waals surface area contributed by atoms with E-state index < -0.39 is 15.9 Å². The molecule has 1 amide bonds. The van der Waals surface area contributed by atoms with E-state index in [0.29, 0.717) is 27.2 Å². The van der Waals surface area contributed by atoms with Gasteiger partial charge in [0.1, 0.15) is 16.2 Å². The highest BCUT2D eigenvalue weighted by atomic mass is 79.9. The Kier molecular flexibility index (Phi) is 5.10. The highest BCUT2D eigenvalue weighted by molar-refractivity contribution is 9.10. The molecule has 0 radical (unpaired) electrons. The molecule has 0 bridgehead atoms. The van der Waals surface area contributed by atoms with Crippen molar-refractivity contribution in [2.75, 3.05) is 10.0 Å². The summed E-state index contributed by atoms with van der Waals surface area (Å²) in [5.41, 5.74) is 1.06. The standard InChI is InChI=1S/C17H14BrN3O4S/c1-11-14(10-19-25-11)17(22)20-12-5-4-6-13(9-12)21-26(23,24)16-8-3-2-7-15(16)18/h2-10,21H,1H3,(H,20,22). The van der Waals surface area contributed by atoms with Gasteiger partial charge in [0.25, 0.3) is 15.9 Å². The number of amides is 1. The van der Waals surface area contributed by atoms with Gasteiger partial charge in [-0.3, -0.25) is 9.52 Å². The number of nitrogens with zero attached hydrogens (tertiary/aromatic N) is 1. The van der Waals surface area contributed by atoms with E-state index >= 15 is 0 Å². The van der Waals surface area contributed by atoms with Crippen LogP contribution < -0.4 is 10.0 Å². The summed E-state index contributed by atoms with van der Waals surface area (Å²) in [6, 6.07) is 12.9. The fraction of sp³-hybridized carbons (Fsp3) is 0.0588. The molecule has 1 aromatic heterocycles. The lowest BCUT2D eigenvalue weighted by atomic mass is 10.2. The number of carbonyl (C=O) groups excluding carboxylic acids is 1. The zero-order valence-corrected chi connectivity index (χ0v) is 16.0. The molecule has 0 saturated carbocycles. The smallest absolute Gasteiger partial charge is 0.263 e. The van der Waals surface area contributed by atoms with E-state index in [-0.39, 0.29) is 4.90 Å². The summed E-state index contributed by atoms with van der Waals surface area (Å²) in [4.78, 5) is 12.3. The van der Waals surface area contributed by atoms with Crippen molar-refractivity contribution in [3.05, 3.63) is 70.5 Å². The fourth-order valence-electron chi connectivity index (χ4n) is 2.25. The number of carbonyl (C=O) groups is 1. The molecule has 0 spiro atoms. The summed E-state index contributed by atoms with van der Waals surface area (Å²) < 4.78 is 32.9. The Balaban J connectivity index is 1.81. The van der Waals surface area contributed by atoms with Gasteiger partial charge in [-0.2, -0.15) is 0 Å². The molecule has 3 aromatic rings. The molecule has 0 unspecified atom stereocenters. The normalized spacial score (nSPS) is 11.2. The maximum absolute atomic E-state index is 12.5. The van der Waals surface area contributed by atoms with Crippen LogP contribution in [0.15, 0.2) is 68.6 Å². The first-order valence-corrected chi connectivity index (χ1v) is 9.74. The largest absolute Gasteiger partial charge is 0.361 e. The second-order valence-corrected chi connectivity index (χ2v) is 7.87. The van der Waals surface area contributed by atoms with Gasteiger partial charge in [-0.15, -0.1) is 0 Å². The Morgan fingerprint density at radius 1 is 1.12 bits per heavy atom. The number of halogens is 1. The number of hydrogen-bond donors (Lipinski definition) is 2. The van der Waals surface area contributed by atoms with Crippen molar-refractivity contribution in [3.8, 4) is 0 Å². The van der Waals surface area contributed by atoms with Crippen LogP contribution in [0.1, 0.15) is 16.1 Å². The average molecular weight is 436 g/mol. The number of anilines is 2. The molecular formula is C17H14BrN3O4S. The van der Waals surface area contributed by atoms with Crippen molar-refractivity contribution in [2.24, 2.45) is 0 Å². The molecule has 9 heteroatoms. The van der Waals surface area contributed by atoms with E-state index in [1.165, 1.54) is 18.3 Å². The van der Waals surface area contributed by atoms with Crippen molar-refractivity contribution in [2.45, 2.75) is 11.8 Å². The molecule has 1 heterocycles. The SMILES string of the molecule is Cc1oncc1C(=O)Nc1cccc(NS(=O)(=O)c2ccccc2Br)c1. The maximum Gasteiger partial charge on any atom is 0.263 e. The Morgan fingerprint density at radius 2 is 1.85 bits per heavy atom. The van der Waals surface area contributed by atoms with Gasteiger partial charge in [0.2, 0.25) is 0 Å². The number of rotatable bonds is 5. The van der Waals surface area contributed by atoms with Crippen LogP contribution in [-0.4, -0.2) is 19.5 Å². The van der Waals surface area contributed by atoms with Gasteiger partial charge in [-0.25, -0.2) is 8.42 Å². The van der Waals surface area contributed by atoms with E-state index in [4.69, 9.17) is 4.52 Å². The molecule has 3 rings (SSSR count). The zero-order chi connectivity index (χ0) is 18.7. The summed E-state index contributed by atoms with van der Waals surface area (Å²) in [6.07, 6.45) is 1.32. The summed E-state index contributed by atoms with van der Waals surface area (Å²) in [5, 5.41) is 6.24. The summed E-state index contributed by atoms with van der Waals surface area (Å²) in [6.45, 7) is 1.63. The topological polar surface area (TPSA) is 101 Å². The lowest BCUT2D eigenvalue weighted by molar-refractivity contribution is 0.102. The molecule has 0 aliphatic heterocycles. The molecule has 0 aliphatic rings. The Hall–Kier alpha value is -2.65. The average Bonchev–Trinajstić information content (AvgIpc) is 3.01. The van der Waals surface area contributed by atoms with E-state index in [0.717, 1.165) is 0 Å². The van der Waals surface area contributed by atoms with E-state index in [1.807, 2.05) is 0 Å². The van der Waals surface area contributed by atoms with E-state index in [1.54, 1.807) is 43.3 Å². The number of nitrogens with one attached hydrogen (secondary N) is 2. The van der Waals surface area contributed by atoms with Gasteiger partial charge < -0.3 is 9.84 Å². The number of benzene rings is 2. The first-order chi connectivity index (χ1) is 12.4. The fourth-order valence-corrected chi connectivity index (χ4v) is 4.30. The van der Waals surface area contributed by atoms with Crippen molar-refractivity contribution >= 4 is 43.2 Å². The van der Waals surface area contributed by atoms with Crippen LogP contribution in [-0.2, 0) is 10.0 Å². The third-order valence-corrected chi connectivity index (χ3v) is 5.89. The summed E-state index contributed by atoms with van der Waals surface area (Å²) in [7, 11) is -3.77. The molecule has 26 heavy (non-hydrogen) atoms. The molecule has 0 fully saturated rings. The minimum Gasteiger partial charge on any atom is -0.361 e. The van der Waals surface area contributed by atoms with E-state index in [9.17, 15) is 13.2 Å². The van der Waals surface area contributed by atoms with Gasteiger partial charge in [-0.05, 0) is 53.2 Å². The Bertz CT molecular complexity index is 1060. The molecular weight excluding hydrogens is 422 g/mol. The predicted molar refractivity (Wildman–Crippen MR) is 101 cm³/mol. The van der Waals surface area contributed by atoms with Crippen molar-refractivity contribution in [1.29, 1.82) is 0 Å². The first kappa shape index (κ1) is 18.2. The Labute approximate surface area is 158 Å². The van der Waals surface area contributed by atoms with Gasteiger partial charge in [0.05, 0.1) is 11.9 Å². The number of sulfonamides is 1. The van der Waals surface area contributed by atoms with Gasteiger partial charge in [-0.1, -0.05) is 23.4 Å². The van der Waals surface area contributed by atoms with Gasteiger partial charge in [0, 0.05) is 10.2 Å². The van der Waals surface area contributed by atoms with Crippen LogP contribution >= 0.6 is 15.9 Å². The number of aryl methyl sites for hydroxylation is 1. The Morgan fingerprint density at radius 3 is 2.54 bits per heavy atom. The first-order valence-electron chi connectivity index (χ1n) is 7.47. The predicted octanol–water partition coefficient (Wildman–Crippen LogP) is 3.80. The highest BCUT2D eigenvalue weighted by Gasteiger charge is 2.18. The van der Waals surface area contributed by atoms with Crippen molar-refractivity contribution in [3.63, 3.8) is 0 Å². The summed E-state index contributed by atoms with van der Waals surface area (Å²) >= 11 is 3.23. The van der Waals surface area contributed by atoms with Crippen LogP contribution in [0.3, 0.4) is 0 Å². The third-order valence-electron chi connectivity index (χ3n) is 3.49. The second kappa shape index (κ2) is 7.30. The van der Waals surface area contributed by atoms with Gasteiger partial charge in [0.15, 0.2) is 0 Å². The van der Waals surface area contributed by atoms with Crippen LogP contribution in [0, 0.1) is 6.92 Å². The molecule has 2 N–H and O–H groups in total. The summed E-state index contributed by atoms with van der Waals surface area (Å²) in [5.74, 6) is 0.00264. The minimum absolute atomic E-state index is 0.120. The molecule has 0 saturated heterocycles. The molecule has 2 aromatic carbocycles. The van der Waals surface area contributed by atoms with Gasteiger partial charge >= 0.3 is 0 Å². The lowest BCUT2D eigenvalue weighted by Gasteiger charge is -2.11. The van der Waals surface area contributed by atoms with Crippen LogP contribution in [0.25, 0.3) is 0 Å². The van der Waals surface area contributed by atoms with Crippen LogP contribution in [0.4, 0.5) is 11.4 Å². The zero-order valence-electron chi connectivity index (χ0n) is 13.6. The van der Waals surface area contributed by atoms with Crippen molar-refractivity contribution < 1.29 is 17.7 Å². The molecule has 0 aliphatic carbocycles. The van der Waals surface area contributed by atoms with Crippen LogP contribution in [0.5, 0.6) is 0 Å². The quantitative estimate of drug-likeness (QED) is 0.634. The maximum atomic E-state index is 12.5. The number of aromatic nitrogens is 1. The molecule has 0 atom stereocenters. The monoisotopic (exact) mass is 435 g/mol. The minimum atomic E-state index is -3.77.